The van der Waals surface area contributed by atoms with Crippen molar-refractivity contribution in [2.45, 2.75) is 124 Å². The van der Waals surface area contributed by atoms with Gasteiger partial charge in [0, 0.05) is 17.4 Å². The van der Waals surface area contributed by atoms with Gasteiger partial charge in [-0.05, 0) is 120 Å². The van der Waals surface area contributed by atoms with E-state index in [1.807, 2.05) is 13.0 Å². The minimum absolute atomic E-state index is 0.240. The Kier molecular flexibility index (Phi) is 11.7. The molecule has 4 nitrogen and oxygen atoms in total. The van der Waals surface area contributed by atoms with Gasteiger partial charge in [-0.2, -0.15) is 0 Å². The van der Waals surface area contributed by atoms with Crippen molar-refractivity contribution in [1.29, 1.82) is 0 Å². The summed E-state index contributed by atoms with van der Waals surface area (Å²) in [6.45, 7) is 20.2. The number of unbranched alkanes of at least 4 members (excludes halogenated alkanes) is 4. The average Bonchev–Trinajstić information content (AvgIpc) is 3.02. The van der Waals surface area contributed by atoms with Crippen LogP contribution in [0.4, 0.5) is 0 Å². The summed E-state index contributed by atoms with van der Waals surface area (Å²) in [7, 11) is 0. The third-order valence-electron chi connectivity index (χ3n) is 10.3. The maximum absolute atomic E-state index is 11.5. The number of ether oxygens (including phenoxy) is 3. The minimum atomic E-state index is -0.240. The van der Waals surface area contributed by atoms with Crippen molar-refractivity contribution in [2.24, 2.45) is 5.92 Å². The molecule has 3 aromatic rings. The molecule has 0 bridgehead atoms. The van der Waals surface area contributed by atoms with Gasteiger partial charge in [0.1, 0.15) is 41.8 Å². The number of benzene rings is 3. The van der Waals surface area contributed by atoms with Crippen LogP contribution in [0.2, 0.25) is 0 Å². The lowest BCUT2D eigenvalue weighted by Gasteiger charge is -2.46. The third-order valence-corrected chi connectivity index (χ3v) is 10.3. The molecule has 0 unspecified atom stereocenters. The van der Waals surface area contributed by atoms with Crippen LogP contribution in [-0.2, 0) is 12.8 Å². The maximum Gasteiger partial charge on any atom is 0.131 e. The van der Waals surface area contributed by atoms with E-state index in [0.29, 0.717) is 30.4 Å². The molecule has 1 aliphatic heterocycles. The van der Waals surface area contributed by atoms with E-state index in [4.69, 9.17) is 14.2 Å². The van der Waals surface area contributed by atoms with Crippen LogP contribution in [0, 0.1) is 12.8 Å². The summed E-state index contributed by atoms with van der Waals surface area (Å²) >= 11 is 0. The second-order valence-corrected chi connectivity index (χ2v) is 14.8. The summed E-state index contributed by atoms with van der Waals surface area (Å²) in [5, 5.41) is 11.5. The summed E-state index contributed by atoms with van der Waals surface area (Å²) in [4.78, 5) is 0. The topological polar surface area (TPSA) is 47.9 Å². The molecule has 0 aromatic heterocycles. The molecular formula is C44H58O4. The van der Waals surface area contributed by atoms with Gasteiger partial charge >= 0.3 is 0 Å². The van der Waals surface area contributed by atoms with Crippen molar-refractivity contribution in [1.82, 2.24) is 0 Å². The summed E-state index contributed by atoms with van der Waals surface area (Å²) in [5.74, 6) is 3.48. The molecule has 0 radical (unpaired) electrons. The summed E-state index contributed by atoms with van der Waals surface area (Å²) < 4.78 is 20.0. The molecule has 3 aromatic carbocycles. The van der Waals surface area contributed by atoms with E-state index in [2.05, 4.69) is 90.6 Å². The molecule has 4 heteroatoms. The van der Waals surface area contributed by atoms with Gasteiger partial charge in [0.25, 0.3) is 0 Å². The highest BCUT2D eigenvalue weighted by atomic mass is 16.5. The first-order chi connectivity index (χ1) is 23.0. The molecular weight excluding hydrogens is 592 g/mol. The summed E-state index contributed by atoms with van der Waals surface area (Å²) in [6, 6.07) is 14.8. The Morgan fingerprint density at radius 3 is 2.21 bits per heavy atom. The molecule has 1 heterocycles. The van der Waals surface area contributed by atoms with Crippen molar-refractivity contribution < 1.29 is 19.3 Å². The Morgan fingerprint density at radius 1 is 0.896 bits per heavy atom. The van der Waals surface area contributed by atoms with Crippen molar-refractivity contribution in [3.8, 4) is 34.1 Å². The Balaban J connectivity index is 1.45. The predicted octanol–water partition coefficient (Wildman–Crippen LogP) is 11.9. The molecule has 2 atom stereocenters. The first-order valence-electron chi connectivity index (χ1n) is 18.4. The largest absolute Gasteiger partial charge is 0.507 e. The lowest BCUT2D eigenvalue weighted by Crippen LogP contribution is -2.45. The van der Waals surface area contributed by atoms with Crippen molar-refractivity contribution in [2.75, 3.05) is 13.2 Å². The van der Waals surface area contributed by atoms with E-state index in [0.717, 1.165) is 90.7 Å². The van der Waals surface area contributed by atoms with Crippen LogP contribution in [0.1, 0.15) is 127 Å². The van der Waals surface area contributed by atoms with Crippen molar-refractivity contribution in [3.63, 3.8) is 0 Å². The number of hydrogen-bond acceptors (Lipinski definition) is 4. The SMILES string of the molecule is C=C(C)c1ccc(C)cc1-c1c(O)cc(CCCCC)cc1OCCOc1cc(CCCCC)cc2c1[C@@H]1C=C(C)CC[C@H]1C(C)(C)O2. The molecule has 0 amide bonds. The first-order valence-corrected chi connectivity index (χ1v) is 18.4. The Bertz CT molecular complexity index is 1630. The predicted molar refractivity (Wildman–Crippen MR) is 201 cm³/mol. The average molecular weight is 651 g/mol. The number of aryl methyl sites for hydroxylation is 3. The molecule has 48 heavy (non-hydrogen) atoms. The molecule has 0 spiro atoms. The van der Waals surface area contributed by atoms with Crippen LogP contribution in [0.3, 0.4) is 0 Å². The minimum Gasteiger partial charge on any atom is -0.507 e. The lowest BCUT2D eigenvalue weighted by molar-refractivity contribution is 0.0103. The monoisotopic (exact) mass is 650 g/mol. The molecule has 5 rings (SSSR count). The van der Waals surface area contributed by atoms with Gasteiger partial charge in [-0.25, -0.2) is 0 Å². The van der Waals surface area contributed by atoms with Gasteiger partial charge in [-0.3, -0.25) is 0 Å². The number of hydrogen-bond donors (Lipinski definition) is 1. The number of allylic oxidation sites excluding steroid dienone is 3. The van der Waals surface area contributed by atoms with Crippen LogP contribution in [0.15, 0.2) is 60.7 Å². The zero-order valence-electron chi connectivity index (χ0n) is 30.6. The quantitative estimate of drug-likeness (QED) is 0.131. The van der Waals surface area contributed by atoms with Gasteiger partial charge in [-0.1, -0.05) is 87.1 Å². The molecule has 1 aliphatic carbocycles. The molecule has 258 valence electrons. The van der Waals surface area contributed by atoms with E-state index in [1.54, 1.807) is 0 Å². The highest BCUT2D eigenvalue weighted by Crippen LogP contribution is 2.54. The highest BCUT2D eigenvalue weighted by molar-refractivity contribution is 5.86. The Hall–Kier alpha value is -3.66. The standard InChI is InChI=1S/C44H58O4/c1-9-11-13-15-32-25-38(45)42(35-23-30(5)17-19-34(35)29(3)4)39(26-32)46-21-22-47-40-27-33(16-14-12-10-2)28-41-43(40)36-24-31(6)18-20-37(36)44(7,8)48-41/h17,19,23-28,36-37,45H,3,9-16,18,20-22H2,1-2,4-8H3/t36-,37-/m1/s1. The Morgan fingerprint density at radius 2 is 1.54 bits per heavy atom. The van der Waals surface area contributed by atoms with Crippen LogP contribution in [0.5, 0.6) is 23.0 Å². The van der Waals surface area contributed by atoms with Gasteiger partial charge in [0.2, 0.25) is 0 Å². The van der Waals surface area contributed by atoms with Gasteiger partial charge in [0.15, 0.2) is 0 Å². The van der Waals surface area contributed by atoms with E-state index in [9.17, 15) is 5.11 Å². The number of aromatic hydroxyl groups is 1. The van der Waals surface area contributed by atoms with E-state index >= 15 is 0 Å². The molecule has 0 fully saturated rings. The zero-order valence-corrected chi connectivity index (χ0v) is 30.6. The van der Waals surface area contributed by atoms with Crippen molar-refractivity contribution in [3.05, 3.63) is 88.5 Å². The van der Waals surface area contributed by atoms with E-state index < -0.39 is 0 Å². The van der Waals surface area contributed by atoms with E-state index in [-0.39, 0.29) is 17.3 Å². The molecule has 1 N–H and O–H groups in total. The van der Waals surface area contributed by atoms with Gasteiger partial charge < -0.3 is 19.3 Å². The fourth-order valence-electron chi connectivity index (χ4n) is 7.71. The van der Waals surface area contributed by atoms with Gasteiger partial charge in [-0.15, -0.1) is 0 Å². The summed E-state index contributed by atoms with van der Waals surface area (Å²) in [6.07, 6.45) is 13.5. The molecule has 0 saturated carbocycles. The fraction of sp³-hybridized carbons (Fsp3) is 0.500. The van der Waals surface area contributed by atoms with Crippen LogP contribution >= 0.6 is 0 Å². The maximum atomic E-state index is 11.5. The normalized spacial score (nSPS) is 17.9. The number of rotatable bonds is 15. The summed E-state index contributed by atoms with van der Waals surface area (Å²) in [5.41, 5.74) is 9.47. The van der Waals surface area contributed by atoms with E-state index in [1.165, 1.54) is 29.5 Å². The second-order valence-electron chi connectivity index (χ2n) is 14.8. The number of phenolic OH excluding ortho intramolecular Hbond substituents is 1. The second kappa shape index (κ2) is 15.7. The lowest BCUT2D eigenvalue weighted by atomic mass is 9.68. The van der Waals surface area contributed by atoms with Crippen LogP contribution in [0.25, 0.3) is 16.7 Å². The fourth-order valence-corrected chi connectivity index (χ4v) is 7.71. The number of fused-ring (bicyclic) bond motifs is 3. The smallest absolute Gasteiger partial charge is 0.131 e. The Labute approximate surface area is 290 Å². The number of phenols is 1. The zero-order chi connectivity index (χ0) is 34.4. The van der Waals surface area contributed by atoms with Crippen LogP contribution < -0.4 is 14.2 Å². The molecule has 2 aliphatic rings. The van der Waals surface area contributed by atoms with Crippen LogP contribution in [-0.4, -0.2) is 23.9 Å². The highest BCUT2D eigenvalue weighted by Gasteiger charge is 2.45. The molecule has 0 saturated heterocycles. The van der Waals surface area contributed by atoms with Crippen molar-refractivity contribution >= 4 is 5.57 Å². The van der Waals surface area contributed by atoms with Gasteiger partial charge in [0.05, 0.1) is 5.56 Å². The first kappa shape index (κ1) is 35.6. The third kappa shape index (κ3) is 8.13.